The van der Waals surface area contributed by atoms with Crippen LogP contribution in [0.25, 0.3) is 0 Å². The molecular weight excluding hydrogens is 274 g/mol. The van der Waals surface area contributed by atoms with Crippen LogP contribution in [0.2, 0.25) is 0 Å². The van der Waals surface area contributed by atoms with Gasteiger partial charge in [0.1, 0.15) is 0 Å². The van der Waals surface area contributed by atoms with E-state index in [1.165, 1.54) is 11.3 Å². The SMILES string of the molecule is CC(C)N1CCC(N(C)C(=O)c2ccc3c(c2)CCN3)CC1. The van der Waals surface area contributed by atoms with Gasteiger partial charge in [0.25, 0.3) is 5.91 Å². The van der Waals surface area contributed by atoms with E-state index in [2.05, 4.69) is 30.1 Å². The van der Waals surface area contributed by atoms with Crippen LogP contribution in [0.4, 0.5) is 5.69 Å². The molecule has 0 saturated carbocycles. The molecule has 2 heterocycles. The van der Waals surface area contributed by atoms with Gasteiger partial charge >= 0.3 is 0 Å². The Kier molecular flexibility index (Phi) is 4.39. The van der Waals surface area contributed by atoms with E-state index in [4.69, 9.17) is 0 Å². The highest BCUT2D eigenvalue weighted by Gasteiger charge is 2.27. The molecule has 0 atom stereocenters. The van der Waals surface area contributed by atoms with Crippen molar-refractivity contribution in [3.05, 3.63) is 29.3 Å². The molecule has 3 rings (SSSR count). The Balaban J connectivity index is 1.65. The third-order valence-corrected chi connectivity index (χ3v) is 5.16. The summed E-state index contributed by atoms with van der Waals surface area (Å²) in [5.74, 6) is 0.165. The molecule has 0 bridgehead atoms. The van der Waals surface area contributed by atoms with E-state index < -0.39 is 0 Å². The first-order chi connectivity index (χ1) is 10.6. The molecule has 0 aromatic heterocycles. The molecule has 1 N–H and O–H groups in total. The minimum Gasteiger partial charge on any atom is -0.384 e. The zero-order valence-corrected chi connectivity index (χ0v) is 13.9. The second-order valence-corrected chi connectivity index (χ2v) is 6.83. The standard InChI is InChI=1S/C18H27N3O/c1-13(2)21-10-7-16(8-11-21)20(3)18(22)15-4-5-17-14(12-15)6-9-19-17/h4-5,12-13,16,19H,6-11H2,1-3H3. The van der Waals surface area contributed by atoms with Crippen LogP contribution in [-0.2, 0) is 6.42 Å². The van der Waals surface area contributed by atoms with Crippen molar-refractivity contribution in [1.29, 1.82) is 0 Å². The number of piperidine rings is 1. The van der Waals surface area contributed by atoms with Gasteiger partial charge in [0.2, 0.25) is 0 Å². The fourth-order valence-corrected chi connectivity index (χ4v) is 3.60. The van der Waals surface area contributed by atoms with Gasteiger partial charge in [0.05, 0.1) is 0 Å². The number of rotatable bonds is 3. The lowest BCUT2D eigenvalue weighted by atomic mass is 10.0. The normalized spacial score (nSPS) is 19.1. The van der Waals surface area contributed by atoms with Crippen molar-refractivity contribution in [2.24, 2.45) is 0 Å². The molecule has 4 heteroatoms. The first kappa shape index (κ1) is 15.3. The van der Waals surface area contributed by atoms with Crippen molar-refractivity contribution in [2.45, 2.75) is 45.2 Å². The van der Waals surface area contributed by atoms with Crippen LogP contribution < -0.4 is 5.32 Å². The van der Waals surface area contributed by atoms with Crippen LogP contribution in [0.3, 0.4) is 0 Å². The summed E-state index contributed by atoms with van der Waals surface area (Å²) in [6, 6.07) is 7.04. The second-order valence-electron chi connectivity index (χ2n) is 6.83. The summed E-state index contributed by atoms with van der Waals surface area (Å²) in [5.41, 5.74) is 3.29. The Hall–Kier alpha value is -1.55. The van der Waals surface area contributed by atoms with Gasteiger partial charge in [-0.2, -0.15) is 0 Å². The molecule has 0 radical (unpaired) electrons. The summed E-state index contributed by atoms with van der Waals surface area (Å²) in [6.45, 7) is 7.65. The molecule has 2 aliphatic rings. The number of hydrogen-bond donors (Lipinski definition) is 1. The molecule has 1 aromatic rings. The molecule has 1 amide bonds. The number of hydrogen-bond acceptors (Lipinski definition) is 3. The van der Waals surface area contributed by atoms with Gasteiger partial charge in [-0.15, -0.1) is 0 Å². The summed E-state index contributed by atoms with van der Waals surface area (Å²) in [4.78, 5) is 17.2. The fraction of sp³-hybridized carbons (Fsp3) is 0.611. The van der Waals surface area contributed by atoms with Gasteiger partial charge in [-0.05, 0) is 56.9 Å². The quantitative estimate of drug-likeness (QED) is 0.932. The molecule has 1 saturated heterocycles. The number of nitrogens with one attached hydrogen (secondary N) is 1. The minimum atomic E-state index is 0.165. The van der Waals surface area contributed by atoms with Crippen LogP contribution in [0, 0.1) is 0 Å². The maximum atomic E-state index is 12.8. The van der Waals surface area contributed by atoms with Crippen LogP contribution in [-0.4, -0.2) is 54.5 Å². The van der Waals surface area contributed by atoms with E-state index >= 15 is 0 Å². The van der Waals surface area contributed by atoms with Crippen LogP contribution in [0.15, 0.2) is 18.2 Å². The zero-order chi connectivity index (χ0) is 15.7. The van der Waals surface area contributed by atoms with Crippen molar-refractivity contribution in [3.8, 4) is 0 Å². The molecule has 120 valence electrons. The number of anilines is 1. The fourth-order valence-electron chi connectivity index (χ4n) is 3.60. The first-order valence-electron chi connectivity index (χ1n) is 8.44. The lowest BCUT2D eigenvalue weighted by molar-refractivity contribution is 0.0615. The Morgan fingerprint density at radius 3 is 2.73 bits per heavy atom. The van der Waals surface area contributed by atoms with Crippen molar-refractivity contribution in [1.82, 2.24) is 9.80 Å². The molecule has 0 unspecified atom stereocenters. The topological polar surface area (TPSA) is 35.6 Å². The molecular formula is C18H27N3O. The molecule has 0 spiro atoms. The van der Waals surface area contributed by atoms with Gasteiger partial charge in [-0.1, -0.05) is 0 Å². The predicted octanol–water partition coefficient (Wildman–Crippen LogP) is 2.60. The largest absolute Gasteiger partial charge is 0.384 e. The highest BCUT2D eigenvalue weighted by Crippen LogP contribution is 2.25. The third-order valence-electron chi connectivity index (χ3n) is 5.16. The summed E-state index contributed by atoms with van der Waals surface area (Å²) < 4.78 is 0. The average Bonchev–Trinajstić information content (AvgIpc) is 3.01. The Labute approximate surface area is 133 Å². The maximum Gasteiger partial charge on any atom is 0.253 e. The van der Waals surface area contributed by atoms with E-state index in [0.717, 1.165) is 44.5 Å². The molecule has 22 heavy (non-hydrogen) atoms. The lowest BCUT2D eigenvalue weighted by Gasteiger charge is -2.38. The van der Waals surface area contributed by atoms with Gasteiger partial charge in [-0.25, -0.2) is 0 Å². The molecule has 1 aromatic carbocycles. The average molecular weight is 301 g/mol. The van der Waals surface area contributed by atoms with Gasteiger partial charge in [0, 0.05) is 50.0 Å². The van der Waals surface area contributed by atoms with Crippen LogP contribution >= 0.6 is 0 Å². The number of nitrogens with zero attached hydrogens (tertiary/aromatic N) is 2. The van der Waals surface area contributed by atoms with E-state index in [1.54, 1.807) is 0 Å². The molecule has 0 aliphatic carbocycles. The highest BCUT2D eigenvalue weighted by molar-refractivity contribution is 5.95. The summed E-state index contributed by atoms with van der Waals surface area (Å²) in [7, 11) is 1.96. The summed E-state index contributed by atoms with van der Waals surface area (Å²) >= 11 is 0. The number of fused-ring (bicyclic) bond motifs is 1. The smallest absolute Gasteiger partial charge is 0.253 e. The molecule has 4 nitrogen and oxygen atoms in total. The van der Waals surface area contributed by atoms with Gasteiger partial charge < -0.3 is 15.1 Å². The number of carbonyl (C=O) groups excluding carboxylic acids is 1. The van der Waals surface area contributed by atoms with E-state index in [9.17, 15) is 4.79 Å². The van der Waals surface area contributed by atoms with E-state index in [1.807, 2.05) is 24.1 Å². The predicted molar refractivity (Wildman–Crippen MR) is 90.5 cm³/mol. The third kappa shape index (κ3) is 2.98. The Bertz CT molecular complexity index is 547. The molecule has 2 aliphatic heterocycles. The maximum absolute atomic E-state index is 12.8. The zero-order valence-electron chi connectivity index (χ0n) is 13.9. The van der Waals surface area contributed by atoms with Crippen molar-refractivity contribution >= 4 is 11.6 Å². The van der Waals surface area contributed by atoms with Gasteiger partial charge in [-0.3, -0.25) is 4.79 Å². The minimum absolute atomic E-state index is 0.165. The first-order valence-corrected chi connectivity index (χ1v) is 8.44. The van der Waals surface area contributed by atoms with Crippen LogP contribution in [0.5, 0.6) is 0 Å². The number of amides is 1. The number of benzene rings is 1. The highest BCUT2D eigenvalue weighted by atomic mass is 16.2. The summed E-state index contributed by atoms with van der Waals surface area (Å²) in [5, 5.41) is 3.34. The Morgan fingerprint density at radius 2 is 2.05 bits per heavy atom. The number of carbonyl (C=O) groups is 1. The van der Waals surface area contributed by atoms with Crippen molar-refractivity contribution in [3.63, 3.8) is 0 Å². The van der Waals surface area contributed by atoms with Crippen molar-refractivity contribution in [2.75, 3.05) is 32.0 Å². The second kappa shape index (κ2) is 6.29. The van der Waals surface area contributed by atoms with Crippen LogP contribution in [0.1, 0.15) is 42.6 Å². The Morgan fingerprint density at radius 1 is 1.32 bits per heavy atom. The van der Waals surface area contributed by atoms with E-state index in [-0.39, 0.29) is 5.91 Å². The van der Waals surface area contributed by atoms with E-state index in [0.29, 0.717) is 12.1 Å². The molecule has 1 fully saturated rings. The summed E-state index contributed by atoms with van der Waals surface area (Å²) in [6.07, 6.45) is 3.17. The lowest BCUT2D eigenvalue weighted by Crippen LogP contribution is -2.47. The number of likely N-dealkylation sites (tertiary alicyclic amines) is 1. The van der Waals surface area contributed by atoms with Crippen molar-refractivity contribution < 1.29 is 4.79 Å². The van der Waals surface area contributed by atoms with Gasteiger partial charge in [0.15, 0.2) is 0 Å². The monoisotopic (exact) mass is 301 g/mol.